The zero-order valence-electron chi connectivity index (χ0n) is 18.6. The quantitative estimate of drug-likeness (QED) is 0.474. The van der Waals surface area contributed by atoms with Gasteiger partial charge in [0.05, 0.1) is 24.0 Å². The highest BCUT2D eigenvalue weighted by Gasteiger charge is 2.30. The van der Waals surface area contributed by atoms with Crippen LogP contribution in [0.15, 0.2) is 42.5 Å². The van der Waals surface area contributed by atoms with Crippen molar-refractivity contribution in [2.24, 2.45) is 11.8 Å². The summed E-state index contributed by atoms with van der Waals surface area (Å²) >= 11 is 0. The zero-order chi connectivity index (χ0) is 22.9. The van der Waals surface area contributed by atoms with Gasteiger partial charge in [-0.1, -0.05) is 42.5 Å². The number of carbonyl (C=O) groups excluding carboxylic acids is 3. The highest BCUT2D eigenvalue weighted by atomic mass is 16.5. The highest BCUT2D eigenvalue weighted by molar-refractivity contribution is 5.86. The molecule has 3 N–H and O–H groups in total. The van der Waals surface area contributed by atoms with Crippen LogP contribution in [0.2, 0.25) is 0 Å². The second-order valence-corrected chi connectivity index (χ2v) is 8.86. The monoisotopic (exact) mass is 430 g/mol. The molecule has 1 aromatic rings. The van der Waals surface area contributed by atoms with Gasteiger partial charge >= 0.3 is 5.97 Å². The van der Waals surface area contributed by atoms with Crippen molar-refractivity contribution >= 4 is 17.8 Å². The SMILES string of the molecule is CC(CO)NC(=O)CC1CC=CCC(Cc2ccccc2)C(=O)OCC(C)(C)NC1=O. The molecule has 1 aliphatic heterocycles. The van der Waals surface area contributed by atoms with E-state index in [4.69, 9.17) is 9.84 Å². The number of ether oxygens (including phenoxy) is 1. The fourth-order valence-electron chi connectivity index (χ4n) is 3.41. The molecule has 1 heterocycles. The van der Waals surface area contributed by atoms with Crippen molar-refractivity contribution in [3.05, 3.63) is 48.0 Å². The van der Waals surface area contributed by atoms with E-state index in [-0.39, 0.29) is 49.4 Å². The molecule has 0 aliphatic carbocycles. The molecule has 2 amide bonds. The fourth-order valence-corrected chi connectivity index (χ4v) is 3.41. The van der Waals surface area contributed by atoms with Crippen molar-refractivity contribution in [3.63, 3.8) is 0 Å². The van der Waals surface area contributed by atoms with Gasteiger partial charge in [0.1, 0.15) is 6.61 Å². The van der Waals surface area contributed by atoms with E-state index < -0.39 is 11.5 Å². The summed E-state index contributed by atoms with van der Waals surface area (Å²) in [7, 11) is 0. The molecule has 7 heteroatoms. The first kappa shape index (κ1) is 24.6. The normalized spacial score (nSPS) is 23.0. The molecular weight excluding hydrogens is 396 g/mol. The number of carbonyl (C=O) groups is 3. The number of hydrogen-bond acceptors (Lipinski definition) is 5. The van der Waals surface area contributed by atoms with E-state index in [1.165, 1.54) is 0 Å². The largest absolute Gasteiger partial charge is 0.463 e. The summed E-state index contributed by atoms with van der Waals surface area (Å²) in [6.07, 6.45) is 5.21. The summed E-state index contributed by atoms with van der Waals surface area (Å²) in [5.41, 5.74) is 0.296. The van der Waals surface area contributed by atoms with Gasteiger partial charge in [-0.3, -0.25) is 14.4 Å². The van der Waals surface area contributed by atoms with Crippen LogP contribution in [0.5, 0.6) is 0 Å². The number of rotatable bonds is 6. The number of esters is 1. The molecule has 3 unspecified atom stereocenters. The summed E-state index contributed by atoms with van der Waals surface area (Å²) in [6.45, 7) is 5.16. The molecule has 170 valence electrons. The Hall–Kier alpha value is -2.67. The fraction of sp³-hybridized carbons (Fsp3) is 0.542. The average molecular weight is 431 g/mol. The van der Waals surface area contributed by atoms with Crippen LogP contribution < -0.4 is 10.6 Å². The number of aliphatic hydroxyl groups excluding tert-OH is 1. The van der Waals surface area contributed by atoms with E-state index >= 15 is 0 Å². The molecule has 0 saturated heterocycles. The topological polar surface area (TPSA) is 105 Å². The first-order valence-corrected chi connectivity index (χ1v) is 10.8. The minimum atomic E-state index is -0.764. The number of benzene rings is 1. The van der Waals surface area contributed by atoms with Crippen molar-refractivity contribution in [2.75, 3.05) is 13.2 Å². The molecule has 7 nitrogen and oxygen atoms in total. The van der Waals surface area contributed by atoms with Crippen LogP contribution in [0.25, 0.3) is 0 Å². The van der Waals surface area contributed by atoms with E-state index in [9.17, 15) is 14.4 Å². The van der Waals surface area contributed by atoms with Crippen LogP contribution >= 0.6 is 0 Å². The number of cyclic esters (lactones) is 1. The summed E-state index contributed by atoms with van der Waals surface area (Å²) in [4.78, 5) is 37.8. The third-order valence-electron chi connectivity index (χ3n) is 5.19. The Bertz CT molecular complexity index is 775. The van der Waals surface area contributed by atoms with Crippen LogP contribution in [0.1, 0.15) is 45.6 Å². The van der Waals surface area contributed by atoms with Crippen molar-refractivity contribution < 1.29 is 24.2 Å². The van der Waals surface area contributed by atoms with Gasteiger partial charge in [0.25, 0.3) is 0 Å². The van der Waals surface area contributed by atoms with Crippen molar-refractivity contribution in [2.45, 2.75) is 58.0 Å². The maximum Gasteiger partial charge on any atom is 0.309 e. The Morgan fingerprint density at radius 3 is 2.48 bits per heavy atom. The number of amides is 2. The van der Waals surface area contributed by atoms with Crippen LogP contribution in [-0.4, -0.2) is 47.7 Å². The molecule has 0 radical (unpaired) electrons. The smallest absolute Gasteiger partial charge is 0.309 e. The Morgan fingerprint density at radius 1 is 1.19 bits per heavy atom. The van der Waals surface area contributed by atoms with Crippen LogP contribution in [0.3, 0.4) is 0 Å². The number of hydrogen-bond donors (Lipinski definition) is 3. The van der Waals surface area contributed by atoms with E-state index in [0.29, 0.717) is 19.3 Å². The minimum absolute atomic E-state index is 0.0177. The van der Waals surface area contributed by atoms with Gasteiger partial charge in [0.2, 0.25) is 11.8 Å². The van der Waals surface area contributed by atoms with Gasteiger partial charge in [-0.25, -0.2) is 0 Å². The average Bonchev–Trinajstić information content (AvgIpc) is 2.72. The van der Waals surface area contributed by atoms with E-state index in [0.717, 1.165) is 5.56 Å². The van der Waals surface area contributed by atoms with Crippen molar-refractivity contribution in [1.29, 1.82) is 0 Å². The third kappa shape index (κ3) is 8.53. The zero-order valence-corrected chi connectivity index (χ0v) is 18.6. The standard InChI is InChI=1S/C24H34N2O5/c1-17(15-27)25-21(28)14-19-11-7-8-12-20(13-18-9-5-4-6-10-18)23(30)31-16-24(2,3)26-22(19)29/h4-10,17,19-20,27H,11-16H2,1-3H3,(H,25,28)(H,26,29). The summed E-state index contributed by atoms with van der Waals surface area (Å²) in [6, 6.07) is 9.42. The Labute approximate surface area is 184 Å². The van der Waals surface area contributed by atoms with Gasteiger partial charge in [-0.2, -0.15) is 0 Å². The molecule has 0 aromatic heterocycles. The van der Waals surface area contributed by atoms with Crippen LogP contribution in [0, 0.1) is 11.8 Å². The Morgan fingerprint density at radius 2 is 1.84 bits per heavy atom. The number of nitrogens with one attached hydrogen (secondary N) is 2. The van der Waals surface area contributed by atoms with Gasteiger partial charge < -0.3 is 20.5 Å². The first-order chi connectivity index (χ1) is 14.7. The molecule has 0 fully saturated rings. The second kappa shape index (κ2) is 11.6. The number of allylic oxidation sites excluding steroid dienone is 2. The van der Waals surface area contributed by atoms with Gasteiger partial charge in [-0.15, -0.1) is 0 Å². The molecule has 0 saturated carbocycles. The van der Waals surface area contributed by atoms with Crippen molar-refractivity contribution in [3.8, 4) is 0 Å². The van der Waals surface area contributed by atoms with Gasteiger partial charge in [0, 0.05) is 12.5 Å². The van der Waals surface area contributed by atoms with E-state index in [1.54, 1.807) is 20.8 Å². The predicted molar refractivity (Wildman–Crippen MR) is 118 cm³/mol. The molecular formula is C24H34N2O5. The Balaban J connectivity index is 2.14. The Kier molecular flexibility index (Phi) is 9.24. The lowest BCUT2D eigenvalue weighted by Gasteiger charge is -2.29. The van der Waals surface area contributed by atoms with Gasteiger partial charge in [0.15, 0.2) is 0 Å². The molecule has 0 bridgehead atoms. The third-order valence-corrected chi connectivity index (χ3v) is 5.19. The summed E-state index contributed by atoms with van der Waals surface area (Å²) in [5.74, 6) is -1.71. The molecule has 0 spiro atoms. The lowest BCUT2D eigenvalue weighted by Crippen LogP contribution is -2.50. The maximum atomic E-state index is 12.8. The second-order valence-electron chi connectivity index (χ2n) is 8.86. The molecule has 31 heavy (non-hydrogen) atoms. The number of aliphatic hydroxyl groups is 1. The summed E-state index contributed by atoms with van der Waals surface area (Å²) in [5, 5.41) is 14.7. The van der Waals surface area contributed by atoms with E-state index in [1.807, 2.05) is 42.5 Å². The lowest BCUT2D eigenvalue weighted by molar-refractivity contribution is -0.151. The van der Waals surface area contributed by atoms with Crippen LogP contribution in [-0.2, 0) is 25.5 Å². The molecule has 3 atom stereocenters. The predicted octanol–water partition coefficient (Wildman–Crippen LogP) is 2.14. The molecule has 1 aromatic carbocycles. The lowest BCUT2D eigenvalue weighted by atomic mass is 9.93. The van der Waals surface area contributed by atoms with Crippen molar-refractivity contribution in [1.82, 2.24) is 10.6 Å². The van der Waals surface area contributed by atoms with Crippen LogP contribution in [0.4, 0.5) is 0 Å². The van der Waals surface area contributed by atoms with E-state index in [2.05, 4.69) is 10.6 Å². The highest BCUT2D eigenvalue weighted by Crippen LogP contribution is 2.19. The minimum Gasteiger partial charge on any atom is -0.463 e. The summed E-state index contributed by atoms with van der Waals surface area (Å²) < 4.78 is 5.55. The molecule has 2 rings (SSSR count). The first-order valence-electron chi connectivity index (χ1n) is 10.8. The maximum absolute atomic E-state index is 12.8. The molecule has 1 aliphatic rings. The van der Waals surface area contributed by atoms with Gasteiger partial charge in [-0.05, 0) is 45.6 Å².